The first-order valence-electron chi connectivity index (χ1n) is 26.0. The van der Waals surface area contributed by atoms with Crippen LogP contribution in [0.3, 0.4) is 0 Å². The van der Waals surface area contributed by atoms with Crippen LogP contribution in [-0.4, -0.2) is 15.8 Å². The summed E-state index contributed by atoms with van der Waals surface area (Å²) in [6.07, 6.45) is 1.65. The summed E-state index contributed by atoms with van der Waals surface area (Å²) in [4.78, 5) is 7.23. The van der Waals surface area contributed by atoms with Crippen molar-refractivity contribution in [2.45, 2.75) is 6.92 Å². The van der Waals surface area contributed by atoms with E-state index in [9.17, 15) is 0 Å². The van der Waals surface area contributed by atoms with Gasteiger partial charge in [0.1, 0.15) is 11.5 Å². The average molecular weight is 266 g/mol. The van der Waals surface area contributed by atoms with Gasteiger partial charge >= 0.3 is 0 Å². The molecule has 0 aliphatic rings. The molecule has 4 nitrogen and oxygen atoms in total. The van der Waals surface area contributed by atoms with E-state index in [4.69, 9.17) is 76.5 Å². The van der Waals surface area contributed by atoms with Gasteiger partial charge in [-0.15, -0.1) is 0 Å². The number of rotatable bonds is 1. The predicted octanol–water partition coefficient (Wildman–Crippen LogP) is 6.81. The van der Waals surface area contributed by atoms with E-state index in [-0.39, 0.29) is 7.26 Å². The van der Waals surface area contributed by atoms with Crippen molar-refractivity contribution >= 4 is 16.9 Å². The molecule has 4 heteroatoms. The summed E-state index contributed by atoms with van der Waals surface area (Å²) in [6.45, 7) is 1.95. The Morgan fingerprint density at radius 2 is 2.54 bits per heavy atom. The third-order valence-corrected chi connectivity index (χ3v) is 1.96. The van der Waals surface area contributed by atoms with E-state index in [1.54, 1.807) is 12.3 Å². The highest BCUT2D eigenvalue weighted by Crippen LogP contribution is 2.16. The van der Waals surface area contributed by atoms with E-state index >= 15 is 0 Å². The molecule has 0 radical (unpaired) electrons. The van der Waals surface area contributed by atoms with Crippen LogP contribution in [-0.2, 0) is 0 Å². The molecule has 0 bridgehead atoms. The van der Waals surface area contributed by atoms with Crippen LogP contribution in [0, 0.1) is 12.3 Å². The van der Waals surface area contributed by atoms with Crippen molar-refractivity contribution in [3.8, 4) is 0 Å². The summed E-state index contributed by atoms with van der Waals surface area (Å²) < 4.78 is 220. The first kappa shape index (κ1) is 0.987. The Hall–Kier alpha value is -1.84. The number of H-pyrrole nitrogens is 1. The minimum Gasteiger partial charge on any atom is -0.384 e. The molecule has 0 atom stereocenters. The molecule has 0 spiro atoms. The Morgan fingerprint density at radius 3 is 3.23 bits per heavy atom. The number of amidine groups is 1. The largest absolute Gasteiger partial charge is 0.384 e. The highest BCUT2D eigenvalue weighted by atomic mass is 14.9. The fourth-order valence-electron chi connectivity index (χ4n) is 1.39. The molecule has 0 aliphatic heterocycles. The van der Waals surface area contributed by atoms with Crippen LogP contribution >= 0.6 is 0 Å². The van der Waals surface area contributed by atoms with Crippen molar-refractivity contribution < 1.29 is 66.8 Å². The lowest BCUT2D eigenvalue weighted by atomic mass is 10.1. The summed E-state index contributed by atoms with van der Waals surface area (Å²) in [5.41, 5.74) is 7.97. The molecule has 112 valence electrons. The zero-order chi connectivity index (χ0) is 53.4. The van der Waals surface area contributed by atoms with Gasteiger partial charge in [0, 0.05) is 89.6 Å². The van der Waals surface area contributed by atoms with Crippen molar-refractivity contribution in [1.29, 1.82) is 5.41 Å². The topological polar surface area (TPSA) is 78.6 Å². The second-order valence-corrected chi connectivity index (χ2v) is 2.99. The number of hydrogen-bond acceptors (Lipinski definition) is 2. The Labute approximate surface area is 145 Å². The molecule has 0 unspecified atom stereocenters. The molecule has 2 heterocycles. The third-order valence-electron chi connectivity index (χ3n) is 1.96. The predicted molar refractivity (Wildman–Crippen MR) is 100 cm³/mol. The van der Waals surface area contributed by atoms with E-state index < -0.39 is 0 Å². The molecular formula is C9H56N4. The van der Waals surface area contributed by atoms with Gasteiger partial charge in [-0.1, -0.05) is 0 Å². The van der Waals surface area contributed by atoms with Crippen LogP contribution in [0.1, 0.15) is 78.0 Å². The number of nitrogen functional groups attached to an aromatic ring is 1. The molecular weight excluding hydrogens is 164 g/mol. The summed E-state index contributed by atoms with van der Waals surface area (Å²) in [5.74, 6) is 0.0754. The van der Waals surface area contributed by atoms with Crippen molar-refractivity contribution in [2.75, 3.05) is 0 Å². The van der Waals surface area contributed by atoms with Crippen molar-refractivity contribution in [3.05, 3.63) is 29.6 Å². The molecule has 0 saturated heterocycles. The number of hydrogen-bond donors (Lipinski definition) is 3. The Morgan fingerprint density at radius 1 is 1.77 bits per heavy atom. The van der Waals surface area contributed by atoms with Gasteiger partial charge in [0.05, 0.1) is 0 Å². The lowest BCUT2D eigenvalue weighted by molar-refractivity contribution is 1.25. The van der Waals surface area contributed by atoms with Crippen LogP contribution in [0.4, 0.5) is 0 Å². The molecule has 2 aromatic heterocycles. The molecule has 0 saturated carbocycles. The second kappa shape index (κ2) is 2.58. The highest BCUT2D eigenvalue weighted by Gasteiger charge is 2.05. The van der Waals surface area contributed by atoms with Crippen LogP contribution in [0.15, 0.2) is 18.3 Å². The third kappa shape index (κ3) is 1.16. The maximum Gasteiger partial charge on any atom is 0.138 e. The quantitative estimate of drug-likeness (QED) is 0.391. The molecule has 0 amide bonds. The monoisotopic (exact) mass is 266 g/mol. The number of fused-ring (bicyclic) bond motifs is 1. The molecule has 2 aromatic rings. The SMILES string of the molecule is Cc1cc2c(C(=N)N)ccnc2[nH]1.[2HH].[2H][2H].[2H][2H].[2H][2H].[2H][2H].[2H][2H].[2H][2H].[2H][2H].[2H][2H].[2H][2H].[2H][2H].[2H][2H].[2H][2H].[2H][2H].[2H][2H].[2H][2H].[2H][2H].[2H][2H].[2H][2H].[2H][2H].[2H][2H].[2H][2H].[2H][2H]. The molecule has 0 aromatic carbocycles. The second-order valence-electron chi connectivity index (χ2n) is 2.99. The van der Waals surface area contributed by atoms with Crippen molar-refractivity contribution in [2.24, 2.45) is 5.73 Å². The summed E-state index contributed by atoms with van der Waals surface area (Å²) >= 11 is 0. The van der Waals surface area contributed by atoms with Gasteiger partial charge in [-0.05, 0) is 19.1 Å². The molecule has 2 rings (SSSR count). The first-order chi connectivity index (χ1) is 28.2. The van der Waals surface area contributed by atoms with Crippen molar-refractivity contribution in [3.63, 3.8) is 0 Å². The number of aryl methyl sites for hydroxylation is 1. The number of aromatic amines is 1. The maximum absolute atomic E-state index is 7.36. The van der Waals surface area contributed by atoms with Crippen LogP contribution in [0.25, 0.3) is 11.0 Å². The Kier molecular flexibility index (Phi) is 0.196. The number of nitrogens with zero attached hydrogens (tertiary/aromatic N) is 1. The minimum absolute atomic E-state index is 0. The standard InChI is InChI=1S/C9H10N4.23H2/c1-5-4-7-6(8(10)11)2-3-12-9(7)13-5;;;;;;;;;;;;;;;;;;;;;;;/h2-4H,1H3,(H3,10,11)(H,12,13);23*1H/i;22*1+1D;1+1. The zero-order valence-electron chi connectivity index (χ0n) is 51.3. The van der Waals surface area contributed by atoms with Gasteiger partial charge in [-0.3, -0.25) is 5.41 Å². The molecule has 0 fully saturated rings. The normalized spacial score (nSPS) is 24.1. The van der Waals surface area contributed by atoms with Gasteiger partial charge in [0.25, 0.3) is 0 Å². The Bertz CT molecular complexity index is 514. The molecule has 0 aliphatic carbocycles. The lowest BCUT2D eigenvalue weighted by Gasteiger charge is -1.97. The van der Waals surface area contributed by atoms with Crippen molar-refractivity contribution in [1.82, 2.24) is 9.97 Å². The zero-order valence-corrected chi connectivity index (χ0v) is 7.26. The van der Waals surface area contributed by atoms with E-state index in [1.165, 1.54) is 0 Å². The lowest BCUT2D eigenvalue weighted by Crippen LogP contribution is -2.11. The number of aromatic nitrogens is 2. The molecule has 13 heavy (non-hydrogen) atoms. The van der Waals surface area contributed by atoms with E-state index in [2.05, 4.69) is 9.97 Å². The van der Waals surface area contributed by atoms with Gasteiger partial charge in [0.15, 0.2) is 0 Å². The highest BCUT2D eigenvalue weighted by molar-refractivity contribution is 6.06. The summed E-state index contributed by atoms with van der Waals surface area (Å²) in [5, 5.41) is 8.27. The van der Waals surface area contributed by atoms with E-state index in [0.29, 0.717) is 0 Å². The van der Waals surface area contributed by atoms with E-state index in [0.717, 1.165) is 22.3 Å². The van der Waals surface area contributed by atoms with E-state index in [1.807, 2.05) is 13.0 Å². The van der Waals surface area contributed by atoms with Crippen LogP contribution in [0.2, 0.25) is 0 Å². The smallest absolute Gasteiger partial charge is 0.138 e. The van der Waals surface area contributed by atoms with Gasteiger partial charge in [0.2, 0.25) is 0 Å². The fraction of sp³-hybridized carbons (Fsp3) is 0.111. The van der Waals surface area contributed by atoms with Crippen LogP contribution in [0.5, 0.6) is 0 Å². The first-order valence-corrected chi connectivity index (χ1v) is 3.97. The van der Waals surface area contributed by atoms with Gasteiger partial charge in [-0.25, -0.2) is 4.98 Å². The van der Waals surface area contributed by atoms with Crippen LogP contribution < -0.4 is 5.73 Å². The number of nitrogens with one attached hydrogen (secondary N) is 2. The minimum atomic E-state index is 0. The summed E-state index contributed by atoms with van der Waals surface area (Å²) in [7, 11) is 0. The summed E-state index contributed by atoms with van der Waals surface area (Å²) in [6, 6.07) is 3.69. The number of nitrogens with two attached hydrogens (primary N) is 1. The van der Waals surface area contributed by atoms with Gasteiger partial charge < -0.3 is 10.7 Å². The molecule has 4 N–H and O–H groups in total. The Balaban J connectivity index is -0.0000000127. The average Bonchev–Trinajstić information content (AvgIpc) is 3.80. The maximum atomic E-state index is 7.36. The number of pyridine rings is 1. The van der Waals surface area contributed by atoms with Gasteiger partial charge in [-0.2, -0.15) is 0 Å². The fourth-order valence-corrected chi connectivity index (χ4v) is 1.39.